The number of rotatable bonds is 5. The van der Waals surface area contributed by atoms with Gasteiger partial charge in [0.15, 0.2) is 6.10 Å². The van der Waals surface area contributed by atoms with Crippen LogP contribution >= 0.6 is 0 Å². The fourth-order valence-electron chi connectivity index (χ4n) is 4.44. The van der Waals surface area contributed by atoms with Crippen molar-refractivity contribution in [1.82, 2.24) is 0 Å². The highest BCUT2D eigenvalue weighted by atomic mass is 16.7. The molecule has 9 nitrogen and oxygen atoms in total. The number of benzene rings is 3. The van der Waals surface area contributed by atoms with Gasteiger partial charge in [-0.1, -0.05) is 36.4 Å². The van der Waals surface area contributed by atoms with Gasteiger partial charge in [-0.3, -0.25) is 24.5 Å². The fourth-order valence-corrected chi connectivity index (χ4v) is 4.44. The zero-order chi connectivity index (χ0) is 23.1. The molecule has 9 heteroatoms. The molecule has 2 saturated heterocycles. The van der Waals surface area contributed by atoms with Crippen LogP contribution in [-0.4, -0.2) is 30.0 Å². The number of hydrogen-bond acceptors (Lipinski definition) is 7. The molecule has 5 rings (SSSR count). The summed E-state index contributed by atoms with van der Waals surface area (Å²) in [5, 5.41) is 13.2. The van der Waals surface area contributed by atoms with Gasteiger partial charge in [0.05, 0.1) is 29.0 Å². The predicted octanol–water partition coefficient (Wildman–Crippen LogP) is 3.65. The highest BCUT2D eigenvalue weighted by Crippen LogP contribution is 2.49. The Labute approximate surface area is 188 Å². The molecular weight excluding hydrogens is 426 g/mol. The average Bonchev–Trinajstić information content (AvgIpc) is 3.35. The lowest BCUT2D eigenvalue weighted by molar-refractivity contribution is -0.385. The van der Waals surface area contributed by atoms with E-state index in [0.29, 0.717) is 22.7 Å². The van der Waals surface area contributed by atoms with Crippen LogP contribution in [0.1, 0.15) is 11.6 Å². The first-order chi connectivity index (χ1) is 16.0. The van der Waals surface area contributed by atoms with Gasteiger partial charge in [-0.2, -0.15) is 0 Å². The number of ether oxygens (including phenoxy) is 1. The molecule has 2 fully saturated rings. The second-order valence-electron chi connectivity index (χ2n) is 7.69. The highest BCUT2D eigenvalue weighted by molar-refractivity contribution is 6.24. The normalized spacial score (nSPS) is 21.9. The van der Waals surface area contributed by atoms with Gasteiger partial charge in [-0.25, -0.2) is 9.96 Å². The Morgan fingerprint density at radius 1 is 0.909 bits per heavy atom. The first-order valence-corrected chi connectivity index (χ1v) is 10.3. The Hall–Kier alpha value is -4.24. The molecule has 2 aliphatic rings. The van der Waals surface area contributed by atoms with E-state index in [9.17, 15) is 19.7 Å². The Kier molecular flexibility index (Phi) is 5.02. The molecule has 2 aliphatic heterocycles. The van der Waals surface area contributed by atoms with Crippen molar-refractivity contribution < 1.29 is 24.1 Å². The van der Waals surface area contributed by atoms with Crippen LogP contribution in [0.25, 0.3) is 0 Å². The smallest absolute Gasteiger partial charge is 0.274 e. The van der Waals surface area contributed by atoms with E-state index < -0.39 is 34.8 Å². The van der Waals surface area contributed by atoms with E-state index >= 15 is 0 Å². The van der Waals surface area contributed by atoms with Crippen molar-refractivity contribution in [1.29, 1.82) is 0 Å². The summed E-state index contributed by atoms with van der Waals surface area (Å²) in [6.07, 6.45) is -1.12. The minimum Gasteiger partial charge on any atom is -0.497 e. The first-order valence-electron chi connectivity index (χ1n) is 10.3. The standard InChI is InChI=1S/C24H19N3O6/c1-32-17-11-7-10-16(14-17)25-23(28)20-21(18-12-5-6-13-19(18)27(30)31)26(33-22(20)24(25)29)15-8-3-2-4-9-15/h2-14,20-22H,1H3/t20-,21+,22+/m0/s1. The number of para-hydroxylation sites is 2. The van der Waals surface area contributed by atoms with E-state index in [2.05, 4.69) is 0 Å². The summed E-state index contributed by atoms with van der Waals surface area (Å²) in [7, 11) is 1.49. The lowest BCUT2D eigenvalue weighted by Gasteiger charge is -2.28. The van der Waals surface area contributed by atoms with Gasteiger partial charge in [0, 0.05) is 12.1 Å². The number of nitro benzene ring substituents is 1. The maximum atomic E-state index is 13.6. The molecule has 2 amide bonds. The predicted molar refractivity (Wildman–Crippen MR) is 119 cm³/mol. The fraction of sp³-hybridized carbons (Fsp3) is 0.167. The number of nitro groups is 1. The Bertz CT molecular complexity index is 1250. The van der Waals surface area contributed by atoms with Gasteiger partial charge in [0.2, 0.25) is 5.91 Å². The molecule has 166 valence electrons. The van der Waals surface area contributed by atoms with Crippen LogP contribution < -0.4 is 14.7 Å². The molecule has 0 unspecified atom stereocenters. The van der Waals surface area contributed by atoms with E-state index in [1.807, 2.05) is 6.07 Å². The maximum absolute atomic E-state index is 13.6. The number of methoxy groups -OCH3 is 1. The zero-order valence-corrected chi connectivity index (χ0v) is 17.5. The van der Waals surface area contributed by atoms with Crippen LogP contribution in [0.3, 0.4) is 0 Å². The number of amides is 2. The number of nitrogens with zero attached hydrogens (tertiary/aromatic N) is 3. The summed E-state index contributed by atoms with van der Waals surface area (Å²) in [6.45, 7) is 0. The zero-order valence-electron chi connectivity index (χ0n) is 17.5. The second kappa shape index (κ2) is 8.03. The molecule has 33 heavy (non-hydrogen) atoms. The number of carbonyl (C=O) groups excluding carboxylic acids is 2. The summed E-state index contributed by atoms with van der Waals surface area (Å²) >= 11 is 0. The summed E-state index contributed by atoms with van der Waals surface area (Å²) in [6, 6.07) is 20.9. The second-order valence-corrected chi connectivity index (χ2v) is 7.69. The van der Waals surface area contributed by atoms with Crippen molar-refractivity contribution >= 4 is 28.9 Å². The number of fused-ring (bicyclic) bond motifs is 1. The van der Waals surface area contributed by atoms with Crippen LogP contribution in [0.2, 0.25) is 0 Å². The third kappa shape index (κ3) is 3.30. The molecule has 3 atom stereocenters. The molecular formula is C24H19N3O6. The molecule has 2 heterocycles. The Morgan fingerprint density at radius 3 is 2.33 bits per heavy atom. The Balaban J connectivity index is 1.63. The third-order valence-electron chi connectivity index (χ3n) is 5.89. The van der Waals surface area contributed by atoms with Gasteiger partial charge in [0.25, 0.3) is 11.6 Å². The molecule has 0 radical (unpaired) electrons. The van der Waals surface area contributed by atoms with Gasteiger partial charge in [-0.15, -0.1) is 0 Å². The SMILES string of the molecule is COc1cccc(N2C(=O)[C@H]3[C@@H](c4ccccc4[N+](=O)[O-])N(c4ccccc4)O[C@H]3C2=O)c1. The van der Waals surface area contributed by atoms with Crippen molar-refractivity contribution in [3.05, 3.63) is 94.5 Å². The van der Waals surface area contributed by atoms with E-state index in [-0.39, 0.29) is 5.69 Å². The van der Waals surface area contributed by atoms with Gasteiger partial charge in [-0.05, 0) is 30.3 Å². The Morgan fingerprint density at radius 2 is 1.61 bits per heavy atom. The molecule has 3 aromatic carbocycles. The number of hydrogen-bond donors (Lipinski definition) is 0. The molecule has 0 aromatic heterocycles. The largest absolute Gasteiger partial charge is 0.497 e. The van der Waals surface area contributed by atoms with Crippen molar-refractivity contribution in [2.45, 2.75) is 12.1 Å². The molecule has 0 spiro atoms. The van der Waals surface area contributed by atoms with Gasteiger partial charge in [0.1, 0.15) is 17.7 Å². The van der Waals surface area contributed by atoms with E-state index in [1.165, 1.54) is 18.2 Å². The van der Waals surface area contributed by atoms with Crippen LogP contribution in [-0.2, 0) is 14.4 Å². The number of hydroxylamine groups is 1. The van der Waals surface area contributed by atoms with E-state index in [0.717, 1.165) is 4.90 Å². The molecule has 0 bridgehead atoms. The third-order valence-corrected chi connectivity index (χ3v) is 5.89. The lowest BCUT2D eigenvalue weighted by Crippen LogP contribution is -2.37. The van der Waals surface area contributed by atoms with Crippen LogP contribution in [0.5, 0.6) is 5.75 Å². The summed E-state index contributed by atoms with van der Waals surface area (Å²) in [4.78, 5) is 45.4. The first kappa shape index (κ1) is 20.7. The molecule has 0 aliphatic carbocycles. The average molecular weight is 445 g/mol. The van der Waals surface area contributed by atoms with Crippen LogP contribution in [0, 0.1) is 16.0 Å². The number of imide groups is 1. The summed E-state index contributed by atoms with van der Waals surface area (Å²) in [5.41, 5.74) is 1.10. The van der Waals surface area contributed by atoms with Crippen molar-refractivity contribution in [3.63, 3.8) is 0 Å². The molecule has 0 N–H and O–H groups in total. The maximum Gasteiger partial charge on any atom is 0.274 e. The molecule has 0 saturated carbocycles. The summed E-state index contributed by atoms with van der Waals surface area (Å²) in [5.74, 6) is -1.49. The van der Waals surface area contributed by atoms with E-state index in [1.54, 1.807) is 66.7 Å². The number of anilines is 2. The van der Waals surface area contributed by atoms with Crippen molar-refractivity contribution in [2.24, 2.45) is 5.92 Å². The topological polar surface area (TPSA) is 102 Å². The molecule has 3 aromatic rings. The van der Waals surface area contributed by atoms with Gasteiger partial charge < -0.3 is 4.74 Å². The monoisotopic (exact) mass is 445 g/mol. The quantitative estimate of drug-likeness (QED) is 0.336. The number of carbonyl (C=O) groups is 2. The van der Waals surface area contributed by atoms with Gasteiger partial charge >= 0.3 is 0 Å². The summed E-state index contributed by atoms with van der Waals surface area (Å²) < 4.78 is 5.22. The highest BCUT2D eigenvalue weighted by Gasteiger charge is 2.61. The van der Waals surface area contributed by atoms with Crippen LogP contribution in [0.4, 0.5) is 17.1 Å². The van der Waals surface area contributed by atoms with Crippen molar-refractivity contribution in [3.8, 4) is 5.75 Å². The van der Waals surface area contributed by atoms with E-state index in [4.69, 9.17) is 9.57 Å². The lowest BCUT2D eigenvalue weighted by atomic mass is 9.89. The minimum atomic E-state index is -1.12. The van der Waals surface area contributed by atoms with Crippen LogP contribution in [0.15, 0.2) is 78.9 Å². The van der Waals surface area contributed by atoms with Crippen molar-refractivity contribution in [2.75, 3.05) is 17.1 Å². The minimum absolute atomic E-state index is 0.146.